The molecular weight excluding hydrogens is 272 g/mol. The molecule has 1 aliphatic heterocycles. The zero-order chi connectivity index (χ0) is 14.6. The molecule has 2 rings (SSSR count). The zero-order valence-electron chi connectivity index (χ0n) is 12.3. The van der Waals surface area contributed by atoms with E-state index in [1.807, 2.05) is 18.7 Å². The third kappa shape index (κ3) is 3.96. The Hall–Kier alpha value is -1.07. The van der Waals surface area contributed by atoms with E-state index >= 15 is 0 Å². The molecule has 0 spiro atoms. The molecule has 5 heteroatoms. The molecule has 0 saturated heterocycles. The molecule has 0 unspecified atom stereocenters. The van der Waals surface area contributed by atoms with Gasteiger partial charge in [0, 0.05) is 31.1 Å². The highest BCUT2D eigenvalue weighted by Crippen LogP contribution is 2.24. The number of urea groups is 1. The van der Waals surface area contributed by atoms with Gasteiger partial charge in [-0.3, -0.25) is 0 Å². The highest BCUT2D eigenvalue weighted by atomic mass is 32.1. The minimum Gasteiger partial charge on any atom is -0.396 e. The van der Waals surface area contributed by atoms with Crippen LogP contribution in [0.2, 0.25) is 0 Å². The van der Waals surface area contributed by atoms with Crippen molar-refractivity contribution in [3.05, 3.63) is 21.9 Å². The van der Waals surface area contributed by atoms with Gasteiger partial charge in [0.15, 0.2) is 0 Å². The SMILES string of the molecule is CC(C)(CO)CCCNC(=O)N1CCc2sccc2C1. The number of aliphatic hydroxyl groups excluding tert-OH is 1. The van der Waals surface area contributed by atoms with Crippen molar-refractivity contribution in [3.8, 4) is 0 Å². The fourth-order valence-corrected chi connectivity index (χ4v) is 3.26. The zero-order valence-corrected chi connectivity index (χ0v) is 13.1. The number of nitrogens with one attached hydrogen (secondary N) is 1. The molecule has 0 saturated carbocycles. The Kier molecular flexibility index (Phi) is 5.05. The van der Waals surface area contributed by atoms with Crippen molar-refractivity contribution in [2.75, 3.05) is 19.7 Å². The first-order valence-electron chi connectivity index (χ1n) is 7.21. The second-order valence-corrected chi connectivity index (χ2v) is 7.20. The molecule has 1 aromatic heterocycles. The topological polar surface area (TPSA) is 52.6 Å². The first-order valence-corrected chi connectivity index (χ1v) is 8.09. The van der Waals surface area contributed by atoms with E-state index in [1.54, 1.807) is 11.3 Å². The summed E-state index contributed by atoms with van der Waals surface area (Å²) in [4.78, 5) is 15.4. The normalized spacial score (nSPS) is 15.1. The molecule has 2 N–H and O–H groups in total. The molecule has 0 bridgehead atoms. The van der Waals surface area contributed by atoms with Gasteiger partial charge < -0.3 is 15.3 Å². The molecule has 0 aromatic carbocycles. The van der Waals surface area contributed by atoms with Gasteiger partial charge in [0.1, 0.15) is 0 Å². The molecular formula is C15H24N2O2S. The van der Waals surface area contributed by atoms with Gasteiger partial charge in [0.25, 0.3) is 0 Å². The van der Waals surface area contributed by atoms with Crippen LogP contribution in [0.4, 0.5) is 4.79 Å². The van der Waals surface area contributed by atoms with Crippen LogP contribution in [0.3, 0.4) is 0 Å². The molecule has 0 fully saturated rings. The molecule has 112 valence electrons. The van der Waals surface area contributed by atoms with Crippen LogP contribution >= 0.6 is 11.3 Å². The van der Waals surface area contributed by atoms with E-state index in [2.05, 4.69) is 16.8 Å². The van der Waals surface area contributed by atoms with Crippen LogP contribution in [0.25, 0.3) is 0 Å². The summed E-state index contributed by atoms with van der Waals surface area (Å²) in [5, 5.41) is 14.3. The molecule has 0 radical (unpaired) electrons. The fraction of sp³-hybridized carbons (Fsp3) is 0.667. The van der Waals surface area contributed by atoms with Gasteiger partial charge in [-0.15, -0.1) is 11.3 Å². The second kappa shape index (κ2) is 6.59. The number of carbonyl (C=O) groups is 1. The summed E-state index contributed by atoms with van der Waals surface area (Å²) in [6, 6.07) is 2.15. The summed E-state index contributed by atoms with van der Waals surface area (Å²) < 4.78 is 0. The molecule has 4 nitrogen and oxygen atoms in total. The number of thiophene rings is 1. The van der Waals surface area contributed by atoms with Gasteiger partial charge in [-0.1, -0.05) is 13.8 Å². The first-order chi connectivity index (χ1) is 9.52. The fourth-order valence-electron chi connectivity index (χ4n) is 2.37. The van der Waals surface area contributed by atoms with Gasteiger partial charge in [-0.05, 0) is 41.7 Å². The number of rotatable bonds is 5. The standard InChI is InChI=1S/C15H24N2O2S/c1-15(2,11-18)6-3-7-16-14(19)17-8-4-13-12(10-17)5-9-20-13/h5,9,18H,3-4,6-8,10-11H2,1-2H3,(H,16,19). The molecule has 2 heterocycles. The Bertz CT molecular complexity index is 456. The number of amides is 2. The number of fused-ring (bicyclic) bond motifs is 1. The summed E-state index contributed by atoms with van der Waals surface area (Å²) >= 11 is 1.78. The lowest BCUT2D eigenvalue weighted by Gasteiger charge is -2.27. The smallest absolute Gasteiger partial charge is 0.317 e. The van der Waals surface area contributed by atoms with Crippen LogP contribution in [0.5, 0.6) is 0 Å². The van der Waals surface area contributed by atoms with E-state index in [4.69, 9.17) is 0 Å². The maximum Gasteiger partial charge on any atom is 0.317 e. The van der Waals surface area contributed by atoms with Gasteiger partial charge in [0.2, 0.25) is 0 Å². The van der Waals surface area contributed by atoms with Gasteiger partial charge in [-0.25, -0.2) is 4.79 Å². The van der Waals surface area contributed by atoms with Crippen LogP contribution in [-0.4, -0.2) is 35.7 Å². The summed E-state index contributed by atoms with van der Waals surface area (Å²) in [5.41, 5.74) is 1.24. The van der Waals surface area contributed by atoms with Crippen molar-refractivity contribution in [1.82, 2.24) is 10.2 Å². The average molecular weight is 296 g/mol. The summed E-state index contributed by atoms with van der Waals surface area (Å²) in [6.45, 7) is 6.48. The molecule has 1 aromatic rings. The molecule has 20 heavy (non-hydrogen) atoms. The molecule has 1 aliphatic rings. The van der Waals surface area contributed by atoms with Crippen molar-refractivity contribution < 1.29 is 9.90 Å². The van der Waals surface area contributed by atoms with E-state index < -0.39 is 0 Å². The van der Waals surface area contributed by atoms with Crippen molar-refractivity contribution in [3.63, 3.8) is 0 Å². The van der Waals surface area contributed by atoms with Crippen LogP contribution in [0, 0.1) is 5.41 Å². The Labute approximate surface area is 124 Å². The van der Waals surface area contributed by atoms with E-state index in [0.29, 0.717) is 6.54 Å². The molecule has 0 aliphatic carbocycles. The van der Waals surface area contributed by atoms with Crippen LogP contribution in [-0.2, 0) is 13.0 Å². The third-order valence-corrected chi connectivity index (χ3v) is 4.85. The van der Waals surface area contributed by atoms with Crippen LogP contribution < -0.4 is 5.32 Å². The summed E-state index contributed by atoms with van der Waals surface area (Å²) in [7, 11) is 0. The lowest BCUT2D eigenvalue weighted by molar-refractivity contribution is 0.147. The van der Waals surface area contributed by atoms with Gasteiger partial charge in [0.05, 0.1) is 0 Å². The average Bonchev–Trinajstić information content (AvgIpc) is 2.90. The van der Waals surface area contributed by atoms with Crippen molar-refractivity contribution in [2.45, 2.75) is 39.7 Å². The maximum absolute atomic E-state index is 12.1. The van der Waals surface area contributed by atoms with Crippen molar-refractivity contribution in [2.24, 2.45) is 5.41 Å². The molecule has 2 amide bonds. The predicted molar refractivity (Wildman–Crippen MR) is 81.9 cm³/mol. The Morgan fingerprint density at radius 3 is 3.10 bits per heavy atom. The summed E-state index contributed by atoms with van der Waals surface area (Å²) in [6.07, 6.45) is 2.78. The minimum atomic E-state index is -0.0541. The van der Waals surface area contributed by atoms with E-state index in [-0.39, 0.29) is 18.1 Å². The van der Waals surface area contributed by atoms with E-state index in [9.17, 15) is 9.90 Å². The Morgan fingerprint density at radius 2 is 2.35 bits per heavy atom. The van der Waals surface area contributed by atoms with Crippen LogP contribution in [0.1, 0.15) is 37.1 Å². The van der Waals surface area contributed by atoms with E-state index in [0.717, 1.165) is 32.4 Å². The largest absolute Gasteiger partial charge is 0.396 e. The highest BCUT2D eigenvalue weighted by Gasteiger charge is 2.21. The quantitative estimate of drug-likeness (QED) is 0.821. The summed E-state index contributed by atoms with van der Waals surface area (Å²) in [5.74, 6) is 0. The number of aliphatic hydroxyl groups is 1. The third-order valence-electron chi connectivity index (χ3n) is 3.83. The monoisotopic (exact) mass is 296 g/mol. The first kappa shape index (κ1) is 15.3. The lowest BCUT2D eigenvalue weighted by atomic mass is 9.89. The van der Waals surface area contributed by atoms with Crippen molar-refractivity contribution in [1.29, 1.82) is 0 Å². The van der Waals surface area contributed by atoms with E-state index in [1.165, 1.54) is 10.4 Å². The minimum absolute atomic E-state index is 0.0312. The Morgan fingerprint density at radius 1 is 1.55 bits per heavy atom. The maximum atomic E-state index is 12.1. The van der Waals surface area contributed by atoms with Gasteiger partial charge >= 0.3 is 6.03 Å². The van der Waals surface area contributed by atoms with Gasteiger partial charge in [-0.2, -0.15) is 0 Å². The van der Waals surface area contributed by atoms with Crippen LogP contribution in [0.15, 0.2) is 11.4 Å². The number of carbonyl (C=O) groups excluding carboxylic acids is 1. The predicted octanol–water partition coefficient (Wildman–Crippen LogP) is 2.61. The highest BCUT2D eigenvalue weighted by molar-refractivity contribution is 7.10. The number of hydrogen-bond acceptors (Lipinski definition) is 3. The number of nitrogens with zero attached hydrogens (tertiary/aromatic N) is 1. The number of hydrogen-bond donors (Lipinski definition) is 2. The molecule has 0 atom stereocenters. The second-order valence-electron chi connectivity index (χ2n) is 6.20. The lowest BCUT2D eigenvalue weighted by Crippen LogP contribution is -2.42. The Balaban J connectivity index is 1.71. The van der Waals surface area contributed by atoms with Crippen molar-refractivity contribution >= 4 is 17.4 Å².